The average molecular weight is 335 g/mol. The maximum Gasteiger partial charge on any atom is 0.269 e. The van der Waals surface area contributed by atoms with E-state index in [-0.39, 0.29) is 13.8 Å². The van der Waals surface area contributed by atoms with Crippen LogP contribution in [0.4, 0.5) is 5.69 Å². The molecular formula is C10H9Br2NO2. The van der Waals surface area contributed by atoms with Crippen molar-refractivity contribution in [3.63, 3.8) is 0 Å². The molecule has 3 nitrogen and oxygen atoms in total. The van der Waals surface area contributed by atoms with Gasteiger partial charge in [0.05, 0.1) is 8.16 Å². The number of hydrogen-bond donors (Lipinski definition) is 0. The fourth-order valence-electron chi connectivity index (χ4n) is 1.79. The van der Waals surface area contributed by atoms with Gasteiger partial charge in [0.25, 0.3) is 5.69 Å². The summed E-state index contributed by atoms with van der Waals surface area (Å²) in [6.07, 6.45) is 0. The molecule has 0 bridgehead atoms. The Balaban J connectivity index is 2.23. The molecule has 0 aliphatic heterocycles. The highest BCUT2D eigenvalue weighted by Crippen LogP contribution is 2.67. The Kier molecular flexibility index (Phi) is 2.63. The summed E-state index contributed by atoms with van der Waals surface area (Å²) in [5.41, 5.74) is 1.27. The molecule has 0 unspecified atom stereocenters. The number of hydrogen-bond acceptors (Lipinski definition) is 2. The molecule has 1 aromatic rings. The molecule has 1 fully saturated rings. The minimum absolute atomic E-state index is 0.0316. The molecule has 1 aliphatic carbocycles. The van der Waals surface area contributed by atoms with Gasteiger partial charge < -0.3 is 0 Å². The average Bonchev–Trinajstić information content (AvgIpc) is 2.66. The lowest BCUT2D eigenvalue weighted by atomic mass is 10.1. The lowest BCUT2D eigenvalue weighted by molar-refractivity contribution is -0.384. The summed E-state index contributed by atoms with van der Waals surface area (Å²) in [7, 11) is 0. The van der Waals surface area contributed by atoms with Crippen molar-refractivity contribution in [2.45, 2.75) is 16.1 Å². The quantitative estimate of drug-likeness (QED) is 0.469. The standard InChI is InChI=1S/C10H9Br2NO2/c1-6-9(10(6,11)12)7-2-4-8(5-3-7)13(14)15/h2-6,9H,1H3/t6-,9+/m1/s1. The largest absolute Gasteiger partial charge is 0.269 e. The highest BCUT2D eigenvalue weighted by atomic mass is 79.9. The SMILES string of the molecule is C[C@@H]1[C@@H](c2ccc([N+](=O)[O-])cc2)C1(Br)Br. The van der Waals surface area contributed by atoms with Gasteiger partial charge in [-0.2, -0.15) is 0 Å². The molecule has 2 atom stereocenters. The molecule has 1 aliphatic rings. The molecule has 0 spiro atoms. The van der Waals surface area contributed by atoms with Crippen LogP contribution in [0.5, 0.6) is 0 Å². The van der Waals surface area contributed by atoms with E-state index in [4.69, 9.17) is 0 Å². The van der Waals surface area contributed by atoms with E-state index in [9.17, 15) is 10.1 Å². The molecule has 1 saturated carbocycles. The van der Waals surface area contributed by atoms with Gasteiger partial charge in [-0.3, -0.25) is 10.1 Å². The van der Waals surface area contributed by atoms with E-state index in [0.29, 0.717) is 11.8 Å². The van der Waals surface area contributed by atoms with Crippen molar-refractivity contribution in [1.82, 2.24) is 0 Å². The van der Waals surface area contributed by atoms with Crippen molar-refractivity contribution in [3.8, 4) is 0 Å². The first-order valence-corrected chi connectivity index (χ1v) is 6.15. The number of nitro benzene ring substituents is 1. The van der Waals surface area contributed by atoms with Crippen LogP contribution in [0.1, 0.15) is 18.4 Å². The number of alkyl halides is 2. The molecule has 80 valence electrons. The predicted octanol–water partition coefficient (Wildman–Crippen LogP) is 3.81. The van der Waals surface area contributed by atoms with Crippen molar-refractivity contribution >= 4 is 37.5 Å². The minimum atomic E-state index is -0.379. The van der Waals surface area contributed by atoms with Crippen LogP contribution in [0, 0.1) is 16.0 Å². The van der Waals surface area contributed by atoms with E-state index >= 15 is 0 Å². The second kappa shape index (κ2) is 3.56. The smallest absolute Gasteiger partial charge is 0.258 e. The summed E-state index contributed by atoms with van der Waals surface area (Å²) < 4.78 is -0.0316. The number of benzene rings is 1. The van der Waals surface area contributed by atoms with Gasteiger partial charge in [-0.25, -0.2) is 0 Å². The molecule has 0 N–H and O–H groups in total. The Morgan fingerprint density at radius 2 is 1.80 bits per heavy atom. The van der Waals surface area contributed by atoms with Gasteiger partial charge in [0.1, 0.15) is 0 Å². The van der Waals surface area contributed by atoms with Crippen molar-refractivity contribution in [2.24, 2.45) is 5.92 Å². The van der Waals surface area contributed by atoms with Gasteiger partial charge in [0.15, 0.2) is 0 Å². The van der Waals surface area contributed by atoms with E-state index in [1.807, 2.05) is 12.1 Å². The summed E-state index contributed by atoms with van der Waals surface area (Å²) in [6, 6.07) is 6.75. The number of nitro groups is 1. The molecule has 0 heterocycles. The summed E-state index contributed by atoms with van der Waals surface area (Å²) in [5.74, 6) is 0.886. The van der Waals surface area contributed by atoms with Gasteiger partial charge in [-0.05, 0) is 11.5 Å². The first kappa shape index (κ1) is 11.1. The fourth-order valence-corrected chi connectivity index (χ4v) is 3.38. The molecule has 5 heteroatoms. The lowest BCUT2D eigenvalue weighted by Crippen LogP contribution is -1.90. The zero-order valence-electron chi connectivity index (χ0n) is 7.98. The maximum absolute atomic E-state index is 10.5. The van der Waals surface area contributed by atoms with Crippen LogP contribution in [-0.2, 0) is 0 Å². The zero-order valence-corrected chi connectivity index (χ0v) is 11.2. The van der Waals surface area contributed by atoms with Crippen molar-refractivity contribution in [3.05, 3.63) is 39.9 Å². The maximum atomic E-state index is 10.5. The van der Waals surface area contributed by atoms with Crippen molar-refractivity contribution in [2.75, 3.05) is 0 Å². The second-order valence-electron chi connectivity index (χ2n) is 3.79. The molecule has 0 amide bonds. The van der Waals surface area contributed by atoms with Crippen LogP contribution in [0.3, 0.4) is 0 Å². The van der Waals surface area contributed by atoms with Crippen LogP contribution in [-0.4, -0.2) is 8.16 Å². The number of halogens is 2. The Morgan fingerprint density at radius 1 is 1.33 bits per heavy atom. The van der Waals surface area contributed by atoms with Gasteiger partial charge in [0.2, 0.25) is 0 Å². The zero-order chi connectivity index (χ0) is 11.2. The predicted molar refractivity (Wildman–Crippen MR) is 65.6 cm³/mol. The van der Waals surface area contributed by atoms with Gasteiger partial charge in [-0.1, -0.05) is 50.9 Å². The third kappa shape index (κ3) is 1.83. The van der Waals surface area contributed by atoms with E-state index in [2.05, 4.69) is 38.8 Å². The highest BCUT2D eigenvalue weighted by molar-refractivity contribution is 9.25. The second-order valence-corrected chi connectivity index (χ2v) is 7.48. The van der Waals surface area contributed by atoms with Crippen LogP contribution >= 0.6 is 31.9 Å². The van der Waals surface area contributed by atoms with Crippen LogP contribution in [0.2, 0.25) is 0 Å². The van der Waals surface area contributed by atoms with E-state index in [1.165, 1.54) is 0 Å². The summed E-state index contributed by atoms with van der Waals surface area (Å²) >= 11 is 7.17. The molecular weight excluding hydrogens is 326 g/mol. The van der Waals surface area contributed by atoms with E-state index in [1.54, 1.807) is 12.1 Å². The molecule has 0 radical (unpaired) electrons. The third-order valence-electron chi connectivity index (χ3n) is 2.88. The summed E-state index contributed by atoms with van der Waals surface area (Å²) in [4.78, 5) is 10.1. The Morgan fingerprint density at radius 3 is 2.13 bits per heavy atom. The number of non-ortho nitro benzene ring substituents is 1. The molecule has 0 saturated heterocycles. The molecule has 0 aromatic heterocycles. The first-order valence-electron chi connectivity index (χ1n) is 4.56. The van der Waals surface area contributed by atoms with Gasteiger partial charge >= 0.3 is 0 Å². The highest BCUT2D eigenvalue weighted by Gasteiger charge is 2.59. The van der Waals surface area contributed by atoms with Crippen LogP contribution in [0.15, 0.2) is 24.3 Å². The minimum Gasteiger partial charge on any atom is -0.258 e. The van der Waals surface area contributed by atoms with Gasteiger partial charge in [0, 0.05) is 18.1 Å². The molecule has 1 aromatic carbocycles. The number of nitrogens with zero attached hydrogens (tertiary/aromatic N) is 1. The van der Waals surface area contributed by atoms with E-state index < -0.39 is 0 Å². The molecule has 2 rings (SSSR count). The monoisotopic (exact) mass is 333 g/mol. The van der Waals surface area contributed by atoms with Gasteiger partial charge in [-0.15, -0.1) is 0 Å². The fraction of sp³-hybridized carbons (Fsp3) is 0.400. The lowest BCUT2D eigenvalue weighted by Gasteiger charge is -2.00. The molecule has 15 heavy (non-hydrogen) atoms. The normalized spacial score (nSPS) is 27.4. The summed E-state index contributed by atoms with van der Waals surface area (Å²) in [5, 5.41) is 10.5. The third-order valence-corrected chi connectivity index (χ3v) is 5.31. The van der Waals surface area contributed by atoms with Crippen molar-refractivity contribution in [1.29, 1.82) is 0 Å². The van der Waals surface area contributed by atoms with Crippen LogP contribution < -0.4 is 0 Å². The Labute approximate surface area is 104 Å². The van der Waals surface area contributed by atoms with Crippen LogP contribution in [0.25, 0.3) is 0 Å². The Bertz CT molecular complexity index is 402. The van der Waals surface area contributed by atoms with E-state index in [0.717, 1.165) is 5.56 Å². The first-order chi connectivity index (χ1) is 6.94. The Hall–Kier alpha value is -0.420. The summed E-state index contributed by atoms with van der Waals surface area (Å²) in [6.45, 7) is 2.13. The number of rotatable bonds is 2. The topological polar surface area (TPSA) is 43.1 Å². The van der Waals surface area contributed by atoms with Crippen molar-refractivity contribution < 1.29 is 4.92 Å².